The molecule has 7 heteroatoms. The van der Waals surface area contributed by atoms with Crippen LogP contribution in [0.3, 0.4) is 0 Å². The van der Waals surface area contributed by atoms with Crippen LogP contribution >= 0.6 is 27.5 Å². The van der Waals surface area contributed by atoms with Gasteiger partial charge in [-0.1, -0.05) is 27.5 Å². The quantitative estimate of drug-likeness (QED) is 0.922. The van der Waals surface area contributed by atoms with Gasteiger partial charge < -0.3 is 10.5 Å². The number of nitrogens with zero attached hydrogens (tertiary/aromatic N) is 2. The lowest BCUT2D eigenvalue weighted by Gasteiger charge is -2.07. The van der Waals surface area contributed by atoms with E-state index in [1.165, 1.54) is 18.5 Å². The molecule has 0 aliphatic rings. The molecular formula is C10H6BrClFN3O. The van der Waals surface area contributed by atoms with Crippen LogP contribution in [0.2, 0.25) is 5.02 Å². The zero-order valence-corrected chi connectivity index (χ0v) is 10.7. The molecule has 1 aromatic heterocycles. The summed E-state index contributed by atoms with van der Waals surface area (Å²) in [4.78, 5) is 7.45. The maximum Gasteiger partial charge on any atom is 0.243 e. The lowest BCUT2D eigenvalue weighted by Crippen LogP contribution is -1.97. The van der Waals surface area contributed by atoms with E-state index in [9.17, 15) is 4.39 Å². The third-order valence-electron chi connectivity index (χ3n) is 1.89. The molecule has 0 aliphatic carbocycles. The van der Waals surface area contributed by atoms with Crippen LogP contribution in [0.25, 0.3) is 0 Å². The maximum atomic E-state index is 13.5. The topological polar surface area (TPSA) is 61.0 Å². The Morgan fingerprint density at radius 3 is 2.82 bits per heavy atom. The Balaban J connectivity index is 2.35. The molecule has 88 valence electrons. The summed E-state index contributed by atoms with van der Waals surface area (Å²) in [6, 6.07) is 4.36. The fraction of sp³-hybridized carbons (Fsp3) is 0. The number of hydrogen-bond donors (Lipinski definition) is 1. The number of anilines is 1. The number of halogens is 3. The fourth-order valence-corrected chi connectivity index (χ4v) is 1.57. The van der Waals surface area contributed by atoms with Gasteiger partial charge in [0.2, 0.25) is 5.88 Å². The van der Waals surface area contributed by atoms with E-state index in [4.69, 9.17) is 22.1 Å². The van der Waals surface area contributed by atoms with Gasteiger partial charge in [0.15, 0.2) is 11.6 Å². The van der Waals surface area contributed by atoms with Crippen molar-refractivity contribution in [3.05, 3.63) is 39.8 Å². The highest BCUT2D eigenvalue weighted by atomic mass is 79.9. The first-order valence-electron chi connectivity index (χ1n) is 4.47. The molecule has 2 N–H and O–H groups in total. The molecule has 17 heavy (non-hydrogen) atoms. The van der Waals surface area contributed by atoms with E-state index in [1.54, 1.807) is 6.07 Å². The Hall–Kier alpha value is -1.40. The Morgan fingerprint density at radius 2 is 2.12 bits per heavy atom. The van der Waals surface area contributed by atoms with Crippen molar-refractivity contribution < 1.29 is 9.13 Å². The van der Waals surface area contributed by atoms with Crippen molar-refractivity contribution in [2.24, 2.45) is 0 Å². The Kier molecular flexibility index (Phi) is 3.44. The maximum absolute atomic E-state index is 13.5. The van der Waals surface area contributed by atoms with Gasteiger partial charge in [0, 0.05) is 4.47 Å². The van der Waals surface area contributed by atoms with Crippen LogP contribution in [0.4, 0.5) is 10.2 Å². The molecule has 0 saturated heterocycles. The highest BCUT2D eigenvalue weighted by molar-refractivity contribution is 9.10. The van der Waals surface area contributed by atoms with Crippen molar-refractivity contribution in [2.75, 3.05) is 5.73 Å². The second-order valence-electron chi connectivity index (χ2n) is 3.05. The number of nitrogens with two attached hydrogens (primary N) is 1. The van der Waals surface area contributed by atoms with Gasteiger partial charge in [-0.3, -0.25) is 0 Å². The smallest absolute Gasteiger partial charge is 0.243 e. The molecule has 0 aliphatic heterocycles. The minimum atomic E-state index is -0.535. The molecule has 0 bridgehead atoms. The van der Waals surface area contributed by atoms with Crippen LogP contribution in [0.5, 0.6) is 11.6 Å². The standard InChI is InChI=1S/C10H6BrClFN3O/c11-5-1-2-7(6(13)3-5)17-10-8(12)9(14)15-4-16-10/h1-4H,(H2,14,15,16). The van der Waals surface area contributed by atoms with E-state index < -0.39 is 5.82 Å². The summed E-state index contributed by atoms with van der Waals surface area (Å²) in [7, 11) is 0. The second-order valence-corrected chi connectivity index (χ2v) is 4.35. The van der Waals surface area contributed by atoms with Crippen LogP contribution in [-0.2, 0) is 0 Å². The molecular weight excluding hydrogens is 312 g/mol. The van der Waals surface area contributed by atoms with Crippen LogP contribution in [0.1, 0.15) is 0 Å². The van der Waals surface area contributed by atoms with E-state index in [-0.39, 0.29) is 22.5 Å². The molecule has 0 fully saturated rings. The molecule has 0 spiro atoms. The molecule has 2 aromatic rings. The summed E-state index contributed by atoms with van der Waals surface area (Å²) >= 11 is 8.96. The first kappa shape index (κ1) is 12.1. The van der Waals surface area contributed by atoms with Gasteiger partial charge in [-0.2, -0.15) is 4.98 Å². The fourth-order valence-electron chi connectivity index (χ4n) is 1.10. The number of hydrogen-bond acceptors (Lipinski definition) is 4. The van der Waals surface area contributed by atoms with Crippen molar-refractivity contribution in [1.82, 2.24) is 9.97 Å². The summed E-state index contributed by atoms with van der Waals surface area (Å²) in [5, 5.41) is 0.0508. The molecule has 1 heterocycles. The van der Waals surface area contributed by atoms with E-state index in [0.29, 0.717) is 4.47 Å². The Morgan fingerprint density at radius 1 is 1.35 bits per heavy atom. The van der Waals surface area contributed by atoms with Crippen molar-refractivity contribution in [3.63, 3.8) is 0 Å². The van der Waals surface area contributed by atoms with Crippen LogP contribution in [-0.4, -0.2) is 9.97 Å². The zero-order chi connectivity index (χ0) is 12.4. The number of benzene rings is 1. The van der Waals surface area contributed by atoms with Gasteiger partial charge in [-0.25, -0.2) is 9.37 Å². The highest BCUT2D eigenvalue weighted by Gasteiger charge is 2.11. The molecule has 0 radical (unpaired) electrons. The van der Waals surface area contributed by atoms with Gasteiger partial charge in [0.25, 0.3) is 0 Å². The zero-order valence-electron chi connectivity index (χ0n) is 8.32. The SMILES string of the molecule is Nc1ncnc(Oc2ccc(Br)cc2F)c1Cl. The predicted molar refractivity (Wildman–Crippen MR) is 65.6 cm³/mol. The Bertz CT molecular complexity index is 567. The van der Waals surface area contributed by atoms with Crippen molar-refractivity contribution in [3.8, 4) is 11.6 Å². The molecule has 0 saturated carbocycles. The van der Waals surface area contributed by atoms with Gasteiger partial charge in [-0.05, 0) is 18.2 Å². The third kappa shape index (κ3) is 2.65. The lowest BCUT2D eigenvalue weighted by atomic mass is 10.3. The average molecular weight is 319 g/mol. The van der Waals surface area contributed by atoms with Gasteiger partial charge in [-0.15, -0.1) is 0 Å². The van der Waals surface area contributed by atoms with Crippen LogP contribution in [0.15, 0.2) is 29.0 Å². The van der Waals surface area contributed by atoms with Crippen molar-refractivity contribution in [1.29, 1.82) is 0 Å². The normalized spacial score (nSPS) is 10.3. The average Bonchev–Trinajstić information content (AvgIpc) is 2.28. The summed E-state index contributed by atoms with van der Waals surface area (Å²) < 4.78 is 19.3. The largest absolute Gasteiger partial charge is 0.434 e. The van der Waals surface area contributed by atoms with E-state index in [0.717, 1.165) is 0 Å². The molecule has 0 atom stereocenters. The summed E-state index contributed by atoms with van der Waals surface area (Å²) in [5.41, 5.74) is 5.47. The number of rotatable bonds is 2. The van der Waals surface area contributed by atoms with Gasteiger partial charge in [0.1, 0.15) is 17.2 Å². The van der Waals surface area contributed by atoms with E-state index >= 15 is 0 Å². The molecule has 1 aromatic carbocycles. The van der Waals surface area contributed by atoms with Crippen molar-refractivity contribution >= 4 is 33.3 Å². The minimum absolute atomic E-state index is 0.00759. The van der Waals surface area contributed by atoms with E-state index in [1.807, 2.05) is 0 Å². The lowest BCUT2D eigenvalue weighted by molar-refractivity contribution is 0.427. The predicted octanol–water partition coefficient (Wildman–Crippen LogP) is 3.41. The summed E-state index contributed by atoms with van der Waals surface area (Å²) in [6.07, 6.45) is 1.19. The monoisotopic (exact) mass is 317 g/mol. The van der Waals surface area contributed by atoms with E-state index in [2.05, 4.69) is 25.9 Å². The minimum Gasteiger partial charge on any atom is -0.434 e. The first-order chi connectivity index (χ1) is 8.08. The Labute approximate surface area is 110 Å². The first-order valence-corrected chi connectivity index (χ1v) is 5.64. The number of ether oxygens (including phenoxy) is 1. The molecule has 0 amide bonds. The number of aromatic nitrogens is 2. The molecule has 0 unspecified atom stereocenters. The van der Waals surface area contributed by atoms with Gasteiger partial charge in [0.05, 0.1) is 0 Å². The molecule has 2 rings (SSSR count). The molecule has 4 nitrogen and oxygen atoms in total. The third-order valence-corrected chi connectivity index (χ3v) is 2.73. The summed E-state index contributed by atoms with van der Waals surface area (Å²) in [6.45, 7) is 0. The van der Waals surface area contributed by atoms with Crippen LogP contribution in [0, 0.1) is 5.82 Å². The summed E-state index contributed by atoms with van der Waals surface area (Å²) in [5.74, 6) is -0.435. The highest BCUT2D eigenvalue weighted by Crippen LogP contribution is 2.31. The van der Waals surface area contributed by atoms with Crippen molar-refractivity contribution in [2.45, 2.75) is 0 Å². The second kappa shape index (κ2) is 4.85. The van der Waals surface area contributed by atoms with Crippen LogP contribution < -0.4 is 10.5 Å². The number of nitrogen functional groups attached to an aromatic ring is 1. The van der Waals surface area contributed by atoms with Gasteiger partial charge >= 0.3 is 0 Å².